The maximum atomic E-state index is 5.93. The van der Waals surface area contributed by atoms with Gasteiger partial charge in [-0.2, -0.15) is 0 Å². The number of hydrogen-bond acceptors (Lipinski definition) is 3. The van der Waals surface area contributed by atoms with E-state index in [1.807, 2.05) is 59.6 Å². The summed E-state index contributed by atoms with van der Waals surface area (Å²) in [6.07, 6.45) is 3.83. The van der Waals surface area contributed by atoms with Crippen molar-refractivity contribution in [3.63, 3.8) is 0 Å². The third-order valence-corrected chi connectivity index (χ3v) is 4.17. The van der Waals surface area contributed by atoms with Crippen molar-refractivity contribution in [2.24, 2.45) is 5.73 Å². The molecule has 20 heavy (non-hydrogen) atoms. The molecule has 0 saturated heterocycles. The van der Waals surface area contributed by atoms with E-state index in [0.29, 0.717) is 4.99 Å². The van der Waals surface area contributed by atoms with Crippen molar-refractivity contribution >= 4 is 40.0 Å². The number of thiocarbonyl (C=S) groups is 1. The van der Waals surface area contributed by atoms with Crippen molar-refractivity contribution in [1.29, 1.82) is 0 Å². The number of imidazole rings is 1. The van der Waals surface area contributed by atoms with Crippen LogP contribution in [0.3, 0.4) is 0 Å². The number of aromatic nitrogens is 2. The van der Waals surface area contributed by atoms with E-state index in [-0.39, 0.29) is 0 Å². The zero-order chi connectivity index (χ0) is 14.1. The molecule has 2 aromatic carbocycles. The van der Waals surface area contributed by atoms with Crippen LogP contribution in [0.2, 0.25) is 0 Å². The lowest BCUT2D eigenvalue weighted by atomic mass is 10.1. The van der Waals surface area contributed by atoms with Gasteiger partial charge < -0.3 is 5.73 Å². The Hall–Kier alpha value is -1.85. The predicted molar refractivity (Wildman–Crippen MR) is 88.7 cm³/mol. The second kappa shape index (κ2) is 5.26. The molecule has 0 aliphatic carbocycles. The number of nitrogens with zero attached hydrogens (tertiary/aromatic N) is 2. The summed E-state index contributed by atoms with van der Waals surface area (Å²) in [5, 5.41) is 0. The van der Waals surface area contributed by atoms with Crippen LogP contribution in [0.15, 0.2) is 53.7 Å². The minimum Gasteiger partial charge on any atom is -0.389 e. The van der Waals surface area contributed by atoms with Crippen molar-refractivity contribution < 1.29 is 0 Å². The zero-order valence-corrected chi connectivity index (χ0v) is 12.5. The van der Waals surface area contributed by atoms with Crippen molar-refractivity contribution in [1.82, 2.24) is 9.55 Å². The summed E-state index contributed by atoms with van der Waals surface area (Å²) in [6.45, 7) is 0. The molecule has 0 radical (unpaired) electrons. The van der Waals surface area contributed by atoms with Crippen molar-refractivity contribution in [3.8, 4) is 5.69 Å². The highest BCUT2D eigenvalue weighted by Gasteiger charge is 2.13. The van der Waals surface area contributed by atoms with Crippen LogP contribution < -0.4 is 5.73 Å². The average molecular weight is 299 g/mol. The van der Waals surface area contributed by atoms with Gasteiger partial charge in [-0.3, -0.25) is 4.57 Å². The molecule has 0 aliphatic rings. The maximum absolute atomic E-state index is 5.93. The monoisotopic (exact) mass is 299 g/mol. The molecule has 0 spiro atoms. The highest BCUT2D eigenvalue weighted by molar-refractivity contribution is 7.98. The smallest absolute Gasteiger partial charge is 0.107 e. The molecule has 3 nitrogen and oxygen atoms in total. The van der Waals surface area contributed by atoms with Gasteiger partial charge in [-0.15, -0.1) is 11.8 Å². The summed E-state index contributed by atoms with van der Waals surface area (Å²) in [6, 6.07) is 14.1. The molecule has 0 atom stereocenters. The molecular weight excluding hydrogens is 286 g/mol. The normalized spacial score (nSPS) is 10.8. The van der Waals surface area contributed by atoms with Crippen LogP contribution in [0.1, 0.15) is 5.56 Å². The maximum Gasteiger partial charge on any atom is 0.107 e. The first-order valence-corrected chi connectivity index (χ1v) is 7.75. The van der Waals surface area contributed by atoms with E-state index in [2.05, 4.69) is 4.98 Å². The van der Waals surface area contributed by atoms with Crippen LogP contribution in [-0.4, -0.2) is 20.8 Å². The number of thioether (sulfide) groups is 1. The highest BCUT2D eigenvalue weighted by Crippen LogP contribution is 2.28. The van der Waals surface area contributed by atoms with Crippen molar-refractivity contribution in [2.45, 2.75) is 4.90 Å². The lowest BCUT2D eigenvalue weighted by Gasteiger charge is -2.13. The third kappa shape index (κ3) is 2.09. The van der Waals surface area contributed by atoms with Crippen molar-refractivity contribution in [3.05, 3.63) is 54.4 Å². The fourth-order valence-corrected chi connectivity index (χ4v) is 3.20. The number of benzene rings is 2. The second-order valence-corrected chi connectivity index (χ2v) is 5.61. The van der Waals surface area contributed by atoms with Crippen molar-refractivity contribution in [2.75, 3.05) is 6.26 Å². The predicted octanol–water partition coefficient (Wildman–Crippen LogP) is 3.38. The Labute approximate surface area is 126 Å². The highest BCUT2D eigenvalue weighted by atomic mass is 32.2. The summed E-state index contributed by atoms with van der Waals surface area (Å²) in [5.74, 6) is 0. The minimum atomic E-state index is 0.405. The summed E-state index contributed by atoms with van der Waals surface area (Å²) in [5.41, 5.74) is 9.80. The van der Waals surface area contributed by atoms with E-state index in [1.165, 1.54) is 0 Å². The molecule has 3 rings (SSSR count). The van der Waals surface area contributed by atoms with Gasteiger partial charge in [0.1, 0.15) is 11.3 Å². The zero-order valence-electron chi connectivity index (χ0n) is 10.9. The summed E-state index contributed by atoms with van der Waals surface area (Å²) in [7, 11) is 0. The fourth-order valence-electron chi connectivity index (χ4n) is 2.29. The SMILES string of the molecule is CSc1cccc(-n2cnc3ccccc32)c1C(N)=S. The molecule has 0 aliphatic heterocycles. The van der Waals surface area contributed by atoms with E-state index < -0.39 is 0 Å². The Morgan fingerprint density at radius 2 is 2.00 bits per heavy atom. The number of nitrogens with two attached hydrogens (primary N) is 1. The van der Waals surface area contributed by atoms with E-state index in [4.69, 9.17) is 18.0 Å². The van der Waals surface area contributed by atoms with Crippen LogP contribution in [0, 0.1) is 0 Å². The second-order valence-electron chi connectivity index (χ2n) is 4.32. The first kappa shape index (κ1) is 13.1. The Kier molecular flexibility index (Phi) is 3.46. The molecule has 0 fully saturated rings. The lowest BCUT2D eigenvalue weighted by Crippen LogP contribution is -2.14. The average Bonchev–Trinajstić information content (AvgIpc) is 2.90. The van der Waals surface area contributed by atoms with Gasteiger partial charge in [-0.25, -0.2) is 4.98 Å². The van der Waals surface area contributed by atoms with Gasteiger partial charge in [0.2, 0.25) is 0 Å². The lowest BCUT2D eigenvalue weighted by molar-refractivity contribution is 1.08. The standard InChI is InChI=1S/C15H13N3S2/c1-20-13-8-4-7-12(14(13)15(16)19)18-9-17-10-5-2-3-6-11(10)18/h2-9H,1H3,(H2,16,19). The van der Waals surface area contributed by atoms with Crippen LogP contribution in [-0.2, 0) is 0 Å². The van der Waals surface area contributed by atoms with E-state index in [0.717, 1.165) is 27.2 Å². The molecule has 0 saturated carbocycles. The van der Waals surface area contributed by atoms with Gasteiger partial charge in [0.05, 0.1) is 16.7 Å². The molecule has 2 N–H and O–H groups in total. The molecule has 1 aromatic heterocycles. The molecule has 0 amide bonds. The van der Waals surface area contributed by atoms with Gasteiger partial charge in [0, 0.05) is 10.5 Å². The van der Waals surface area contributed by atoms with Crippen LogP contribution in [0.5, 0.6) is 0 Å². The summed E-state index contributed by atoms with van der Waals surface area (Å²) < 4.78 is 2.03. The molecule has 100 valence electrons. The van der Waals surface area contributed by atoms with Gasteiger partial charge in [-0.05, 0) is 30.5 Å². The minimum absolute atomic E-state index is 0.405. The van der Waals surface area contributed by atoms with E-state index >= 15 is 0 Å². The Bertz CT molecular complexity index is 793. The number of para-hydroxylation sites is 2. The van der Waals surface area contributed by atoms with Gasteiger partial charge in [-0.1, -0.05) is 30.4 Å². The number of fused-ring (bicyclic) bond motifs is 1. The quantitative estimate of drug-likeness (QED) is 0.595. The van der Waals surface area contributed by atoms with E-state index in [9.17, 15) is 0 Å². The van der Waals surface area contributed by atoms with Crippen LogP contribution in [0.25, 0.3) is 16.7 Å². The Morgan fingerprint density at radius 1 is 1.20 bits per heavy atom. The molecular formula is C15H13N3S2. The Morgan fingerprint density at radius 3 is 2.75 bits per heavy atom. The van der Waals surface area contributed by atoms with E-state index in [1.54, 1.807) is 11.8 Å². The molecule has 3 aromatic rings. The first-order chi connectivity index (χ1) is 9.72. The third-order valence-electron chi connectivity index (χ3n) is 3.18. The largest absolute Gasteiger partial charge is 0.389 e. The molecule has 5 heteroatoms. The van der Waals surface area contributed by atoms with Gasteiger partial charge in [0.25, 0.3) is 0 Å². The van der Waals surface area contributed by atoms with Crippen LogP contribution >= 0.6 is 24.0 Å². The summed E-state index contributed by atoms with van der Waals surface area (Å²) >= 11 is 6.87. The van der Waals surface area contributed by atoms with Gasteiger partial charge in [0.15, 0.2) is 0 Å². The Balaban J connectivity index is 2.32. The first-order valence-electron chi connectivity index (χ1n) is 6.11. The van der Waals surface area contributed by atoms with Gasteiger partial charge >= 0.3 is 0 Å². The topological polar surface area (TPSA) is 43.8 Å². The molecule has 1 heterocycles. The van der Waals surface area contributed by atoms with Crippen LogP contribution in [0.4, 0.5) is 0 Å². The number of rotatable bonds is 3. The molecule has 0 bridgehead atoms. The molecule has 0 unspecified atom stereocenters. The number of hydrogen-bond donors (Lipinski definition) is 1. The summed E-state index contributed by atoms with van der Waals surface area (Å²) in [4.78, 5) is 5.91. The fraction of sp³-hybridized carbons (Fsp3) is 0.0667.